The molecule has 0 aromatic heterocycles. The lowest BCUT2D eigenvalue weighted by atomic mass is 10.1. The van der Waals surface area contributed by atoms with Gasteiger partial charge in [-0.15, -0.1) is 0 Å². The molecule has 2 atom stereocenters. The van der Waals surface area contributed by atoms with E-state index >= 15 is 0 Å². The first kappa shape index (κ1) is 11.0. The van der Waals surface area contributed by atoms with Crippen molar-refractivity contribution >= 4 is 0 Å². The largest absolute Gasteiger partial charge is 0.381 e. The highest BCUT2D eigenvalue weighted by Crippen LogP contribution is 2.20. The Hall–Kier alpha value is -0.0800. The minimum absolute atomic E-state index is 0.513. The number of hydrogen-bond donors (Lipinski definition) is 1. The lowest BCUT2D eigenvalue weighted by molar-refractivity contribution is 0.0894. The molecule has 0 heterocycles. The SMILES string of the molecule is CO[C@@H]1CCC[C@@H](NC(C)C)CC1. The minimum atomic E-state index is 0.513. The Morgan fingerprint density at radius 2 is 1.92 bits per heavy atom. The van der Waals surface area contributed by atoms with Gasteiger partial charge >= 0.3 is 0 Å². The Bertz CT molecular complexity index is 136. The second-order valence-electron chi connectivity index (χ2n) is 4.38. The van der Waals surface area contributed by atoms with Crippen LogP contribution < -0.4 is 5.32 Å². The summed E-state index contributed by atoms with van der Waals surface area (Å²) in [6, 6.07) is 1.34. The van der Waals surface area contributed by atoms with E-state index in [1.165, 1.54) is 32.1 Å². The second kappa shape index (κ2) is 5.61. The van der Waals surface area contributed by atoms with Crippen LogP contribution in [0.15, 0.2) is 0 Å². The van der Waals surface area contributed by atoms with Crippen molar-refractivity contribution in [3.8, 4) is 0 Å². The third-order valence-electron chi connectivity index (χ3n) is 2.82. The summed E-state index contributed by atoms with van der Waals surface area (Å²) < 4.78 is 5.40. The predicted octanol–water partition coefficient (Wildman–Crippen LogP) is 2.33. The van der Waals surface area contributed by atoms with Crippen LogP contribution in [0, 0.1) is 0 Å². The lowest BCUT2D eigenvalue weighted by Gasteiger charge is -2.19. The molecule has 1 N–H and O–H groups in total. The van der Waals surface area contributed by atoms with Crippen molar-refractivity contribution in [2.45, 2.75) is 64.1 Å². The highest BCUT2D eigenvalue weighted by atomic mass is 16.5. The molecule has 0 aromatic carbocycles. The number of nitrogens with one attached hydrogen (secondary N) is 1. The molecule has 1 saturated carbocycles. The first-order chi connectivity index (χ1) is 6.22. The van der Waals surface area contributed by atoms with E-state index in [9.17, 15) is 0 Å². The van der Waals surface area contributed by atoms with E-state index in [-0.39, 0.29) is 0 Å². The molecule has 2 nitrogen and oxygen atoms in total. The molecule has 1 aliphatic rings. The van der Waals surface area contributed by atoms with Crippen LogP contribution in [-0.4, -0.2) is 25.3 Å². The summed E-state index contributed by atoms with van der Waals surface area (Å²) in [7, 11) is 1.83. The van der Waals surface area contributed by atoms with Gasteiger partial charge in [0.25, 0.3) is 0 Å². The topological polar surface area (TPSA) is 21.3 Å². The zero-order valence-electron chi connectivity index (χ0n) is 9.18. The van der Waals surface area contributed by atoms with Crippen LogP contribution in [0.2, 0.25) is 0 Å². The summed E-state index contributed by atoms with van der Waals surface area (Å²) in [5, 5.41) is 3.61. The van der Waals surface area contributed by atoms with Gasteiger partial charge in [-0.25, -0.2) is 0 Å². The van der Waals surface area contributed by atoms with Gasteiger partial charge in [-0.1, -0.05) is 13.8 Å². The average molecular weight is 185 g/mol. The molecular formula is C11H23NO. The fraction of sp³-hybridized carbons (Fsp3) is 1.00. The molecule has 0 spiro atoms. The number of methoxy groups -OCH3 is 1. The molecule has 2 heteroatoms. The fourth-order valence-corrected chi connectivity index (χ4v) is 2.14. The van der Waals surface area contributed by atoms with Gasteiger partial charge in [0.05, 0.1) is 6.10 Å². The molecule has 1 fully saturated rings. The highest BCUT2D eigenvalue weighted by molar-refractivity contribution is 4.76. The molecule has 78 valence electrons. The molecule has 0 radical (unpaired) electrons. The van der Waals surface area contributed by atoms with Crippen LogP contribution in [0.1, 0.15) is 46.0 Å². The van der Waals surface area contributed by atoms with Crippen LogP contribution >= 0.6 is 0 Å². The van der Waals surface area contributed by atoms with Crippen LogP contribution in [0.25, 0.3) is 0 Å². The van der Waals surface area contributed by atoms with E-state index in [1.807, 2.05) is 7.11 Å². The molecule has 0 aromatic rings. The molecule has 0 bridgehead atoms. The quantitative estimate of drug-likeness (QED) is 0.681. The molecule has 1 aliphatic carbocycles. The van der Waals surface area contributed by atoms with Gasteiger partial charge in [0.1, 0.15) is 0 Å². The van der Waals surface area contributed by atoms with Crippen molar-refractivity contribution in [2.75, 3.05) is 7.11 Å². The zero-order chi connectivity index (χ0) is 9.68. The summed E-state index contributed by atoms with van der Waals surface area (Å²) >= 11 is 0. The Balaban J connectivity index is 2.27. The van der Waals surface area contributed by atoms with Crippen molar-refractivity contribution in [1.82, 2.24) is 5.32 Å². The monoisotopic (exact) mass is 185 g/mol. The minimum Gasteiger partial charge on any atom is -0.381 e. The maximum Gasteiger partial charge on any atom is 0.0572 e. The molecular weight excluding hydrogens is 162 g/mol. The highest BCUT2D eigenvalue weighted by Gasteiger charge is 2.18. The van der Waals surface area contributed by atoms with Gasteiger partial charge in [-0.3, -0.25) is 0 Å². The molecule has 13 heavy (non-hydrogen) atoms. The van der Waals surface area contributed by atoms with E-state index in [0.29, 0.717) is 12.1 Å². The molecule has 0 unspecified atom stereocenters. The summed E-state index contributed by atoms with van der Waals surface area (Å²) in [6.07, 6.45) is 6.88. The standard InChI is InChI=1S/C11H23NO/c1-9(2)12-10-5-4-6-11(13-3)8-7-10/h9-12H,4-8H2,1-3H3/t10-,11-/m1/s1. The van der Waals surface area contributed by atoms with Crippen LogP contribution in [0.5, 0.6) is 0 Å². The van der Waals surface area contributed by atoms with E-state index in [2.05, 4.69) is 19.2 Å². The average Bonchev–Trinajstić information content (AvgIpc) is 2.29. The Kier molecular flexibility index (Phi) is 4.74. The van der Waals surface area contributed by atoms with E-state index in [0.717, 1.165) is 6.04 Å². The molecule has 0 amide bonds. The summed E-state index contributed by atoms with van der Waals surface area (Å²) in [6.45, 7) is 4.44. The first-order valence-electron chi connectivity index (χ1n) is 5.51. The maximum absolute atomic E-state index is 5.40. The van der Waals surface area contributed by atoms with Gasteiger partial charge in [0, 0.05) is 19.2 Å². The number of hydrogen-bond acceptors (Lipinski definition) is 2. The molecule has 0 aliphatic heterocycles. The first-order valence-corrected chi connectivity index (χ1v) is 5.51. The zero-order valence-corrected chi connectivity index (χ0v) is 9.18. The lowest BCUT2D eigenvalue weighted by Crippen LogP contribution is -2.34. The van der Waals surface area contributed by atoms with Crippen LogP contribution in [0.4, 0.5) is 0 Å². The van der Waals surface area contributed by atoms with Gasteiger partial charge in [0.15, 0.2) is 0 Å². The van der Waals surface area contributed by atoms with Gasteiger partial charge in [0.2, 0.25) is 0 Å². The molecule has 0 saturated heterocycles. The van der Waals surface area contributed by atoms with Crippen LogP contribution in [0.3, 0.4) is 0 Å². The maximum atomic E-state index is 5.40. The van der Waals surface area contributed by atoms with Gasteiger partial charge in [-0.05, 0) is 32.1 Å². The van der Waals surface area contributed by atoms with E-state index in [4.69, 9.17) is 4.74 Å². The normalized spacial score (nSPS) is 30.5. The summed E-state index contributed by atoms with van der Waals surface area (Å²) in [5.41, 5.74) is 0. The van der Waals surface area contributed by atoms with Gasteiger partial charge in [-0.2, -0.15) is 0 Å². The third kappa shape index (κ3) is 4.10. The van der Waals surface area contributed by atoms with E-state index in [1.54, 1.807) is 0 Å². The van der Waals surface area contributed by atoms with Crippen molar-refractivity contribution < 1.29 is 4.74 Å². The summed E-state index contributed by atoms with van der Waals surface area (Å²) in [5.74, 6) is 0. The van der Waals surface area contributed by atoms with Gasteiger partial charge < -0.3 is 10.1 Å². The Morgan fingerprint density at radius 3 is 2.54 bits per heavy atom. The third-order valence-corrected chi connectivity index (χ3v) is 2.82. The van der Waals surface area contributed by atoms with Crippen LogP contribution in [-0.2, 0) is 4.74 Å². The van der Waals surface area contributed by atoms with Crippen molar-refractivity contribution in [1.29, 1.82) is 0 Å². The van der Waals surface area contributed by atoms with Crippen molar-refractivity contribution in [3.63, 3.8) is 0 Å². The fourth-order valence-electron chi connectivity index (χ4n) is 2.14. The number of ether oxygens (including phenoxy) is 1. The smallest absolute Gasteiger partial charge is 0.0572 e. The second-order valence-corrected chi connectivity index (χ2v) is 4.38. The van der Waals surface area contributed by atoms with E-state index < -0.39 is 0 Å². The Morgan fingerprint density at radius 1 is 1.15 bits per heavy atom. The Labute approximate surface area is 82.0 Å². The summed E-state index contributed by atoms with van der Waals surface area (Å²) in [4.78, 5) is 0. The predicted molar refractivity (Wildman–Crippen MR) is 55.9 cm³/mol. The molecule has 1 rings (SSSR count). The van der Waals surface area contributed by atoms with Crippen molar-refractivity contribution in [2.24, 2.45) is 0 Å². The number of rotatable bonds is 3. The van der Waals surface area contributed by atoms with Crippen molar-refractivity contribution in [3.05, 3.63) is 0 Å².